The minimum atomic E-state index is -4.31. The van der Waals surface area contributed by atoms with E-state index in [0.29, 0.717) is 18.3 Å². The van der Waals surface area contributed by atoms with Crippen molar-refractivity contribution in [2.75, 3.05) is 19.7 Å². The topological polar surface area (TPSA) is 12.5 Å². The van der Waals surface area contributed by atoms with Crippen LogP contribution in [0.25, 0.3) is 0 Å². The van der Waals surface area contributed by atoms with Crippen molar-refractivity contribution in [1.82, 2.24) is 4.90 Å². The average Bonchev–Trinajstić information content (AvgIpc) is 2.44. The van der Waals surface area contributed by atoms with Crippen molar-refractivity contribution in [2.45, 2.75) is 32.0 Å². The van der Waals surface area contributed by atoms with Crippen LogP contribution in [0.3, 0.4) is 0 Å². The molecular formula is C15H18F3NO. The van der Waals surface area contributed by atoms with Gasteiger partial charge in [-0.05, 0) is 38.1 Å². The quantitative estimate of drug-likeness (QED) is 0.776. The number of nitrogens with zero attached hydrogens (tertiary/aromatic N) is 1. The maximum atomic E-state index is 12.8. The molecule has 0 amide bonds. The molecule has 20 heavy (non-hydrogen) atoms. The number of alkyl halides is 3. The van der Waals surface area contributed by atoms with Crippen LogP contribution in [0.1, 0.15) is 36.9 Å². The molecule has 0 unspecified atom stereocenters. The summed E-state index contributed by atoms with van der Waals surface area (Å²) in [6.07, 6.45) is -2.10. The lowest BCUT2D eigenvalue weighted by molar-refractivity contribution is -0.137. The number of rotatable bonds is 1. The van der Waals surface area contributed by atoms with E-state index < -0.39 is 11.7 Å². The Kier molecular flexibility index (Phi) is 3.40. The molecule has 1 fully saturated rings. The minimum Gasteiger partial charge on any atom is -0.493 e. The van der Waals surface area contributed by atoms with E-state index in [0.717, 1.165) is 37.6 Å². The molecule has 2 heterocycles. The second-order valence-corrected chi connectivity index (χ2v) is 5.54. The molecule has 1 saturated heterocycles. The van der Waals surface area contributed by atoms with Crippen LogP contribution < -0.4 is 4.74 Å². The molecule has 0 aromatic heterocycles. The Morgan fingerprint density at radius 1 is 1.35 bits per heavy atom. The average molecular weight is 285 g/mol. The third-order valence-electron chi connectivity index (χ3n) is 4.38. The van der Waals surface area contributed by atoms with E-state index >= 15 is 0 Å². The molecule has 2 nitrogen and oxygen atoms in total. The van der Waals surface area contributed by atoms with E-state index in [9.17, 15) is 13.2 Å². The molecule has 1 aromatic carbocycles. The van der Waals surface area contributed by atoms with Gasteiger partial charge >= 0.3 is 6.18 Å². The molecule has 2 atom stereocenters. The molecule has 1 aromatic rings. The summed E-state index contributed by atoms with van der Waals surface area (Å²) in [5.74, 6) is 0.800. The minimum absolute atomic E-state index is 0.208. The molecular weight excluding hydrogens is 267 g/mol. The van der Waals surface area contributed by atoms with Gasteiger partial charge < -0.3 is 4.74 Å². The number of piperidine rings is 1. The third-order valence-corrected chi connectivity index (χ3v) is 4.38. The zero-order valence-corrected chi connectivity index (χ0v) is 11.4. The monoisotopic (exact) mass is 285 g/mol. The number of fused-ring (bicyclic) bond motifs is 3. The van der Waals surface area contributed by atoms with Gasteiger partial charge in [-0.25, -0.2) is 0 Å². The molecule has 3 rings (SSSR count). The first-order valence-electron chi connectivity index (χ1n) is 7.08. The summed E-state index contributed by atoms with van der Waals surface area (Å²) in [5.41, 5.74) is 0.282. The fourth-order valence-corrected chi connectivity index (χ4v) is 3.41. The van der Waals surface area contributed by atoms with Gasteiger partial charge in [0.2, 0.25) is 0 Å². The molecule has 0 spiro atoms. The first-order valence-corrected chi connectivity index (χ1v) is 7.08. The number of ether oxygens (including phenoxy) is 1. The number of benzene rings is 1. The van der Waals surface area contributed by atoms with E-state index in [2.05, 4.69) is 11.8 Å². The third kappa shape index (κ3) is 2.28. The lowest BCUT2D eigenvalue weighted by Gasteiger charge is -2.44. The van der Waals surface area contributed by atoms with Crippen molar-refractivity contribution in [2.24, 2.45) is 5.92 Å². The summed E-state index contributed by atoms with van der Waals surface area (Å²) >= 11 is 0. The van der Waals surface area contributed by atoms with Gasteiger partial charge in [0, 0.05) is 17.5 Å². The zero-order chi connectivity index (χ0) is 14.3. The van der Waals surface area contributed by atoms with E-state index in [4.69, 9.17) is 4.74 Å². The maximum Gasteiger partial charge on any atom is 0.416 e. The number of hydrogen-bond donors (Lipinski definition) is 0. The van der Waals surface area contributed by atoms with Gasteiger partial charge in [0.1, 0.15) is 5.75 Å². The number of likely N-dealkylation sites (tertiary alicyclic amines) is 1. The number of halogens is 3. The summed E-state index contributed by atoms with van der Waals surface area (Å²) in [6.45, 7) is 4.55. The van der Waals surface area contributed by atoms with Crippen LogP contribution in [0.15, 0.2) is 18.2 Å². The summed E-state index contributed by atoms with van der Waals surface area (Å²) in [6, 6.07) is 4.13. The fraction of sp³-hybridized carbons (Fsp3) is 0.600. The van der Waals surface area contributed by atoms with E-state index in [1.165, 1.54) is 6.07 Å². The lowest BCUT2D eigenvalue weighted by atomic mass is 9.83. The van der Waals surface area contributed by atoms with E-state index in [-0.39, 0.29) is 6.04 Å². The highest BCUT2D eigenvalue weighted by molar-refractivity contribution is 5.42. The molecule has 0 radical (unpaired) electrons. The van der Waals surface area contributed by atoms with Gasteiger partial charge in [0.05, 0.1) is 12.2 Å². The Bertz CT molecular complexity index is 500. The second-order valence-electron chi connectivity index (χ2n) is 5.54. The van der Waals surface area contributed by atoms with Crippen molar-refractivity contribution in [3.8, 4) is 5.75 Å². The van der Waals surface area contributed by atoms with Gasteiger partial charge in [-0.2, -0.15) is 13.2 Å². The van der Waals surface area contributed by atoms with Crippen LogP contribution in [0.4, 0.5) is 13.2 Å². The summed E-state index contributed by atoms with van der Waals surface area (Å²) in [4.78, 5) is 2.35. The highest BCUT2D eigenvalue weighted by Crippen LogP contribution is 2.45. The summed E-state index contributed by atoms with van der Waals surface area (Å²) < 4.78 is 43.9. The maximum absolute atomic E-state index is 12.8. The molecule has 0 saturated carbocycles. The Hall–Kier alpha value is -1.23. The van der Waals surface area contributed by atoms with Crippen LogP contribution in [0, 0.1) is 5.92 Å². The van der Waals surface area contributed by atoms with Gasteiger partial charge in [0.25, 0.3) is 0 Å². The normalized spacial score (nSPS) is 26.6. The van der Waals surface area contributed by atoms with Crippen molar-refractivity contribution in [3.05, 3.63) is 29.3 Å². The predicted molar refractivity (Wildman–Crippen MR) is 69.7 cm³/mol. The molecule has 110 valence electrons. The number of hydrogen-bond acceptors (Lipinski definition) is 2. The lowest BCUT2D eigenvalue weighted by Crippen LogP contribution is -2.43. The van der Waals surface area contributed by atoms with Crippen LogP contribution in [0.2, 0.25) is 0 Å². The Morgan fingerprint density at radius 2 is 2.15 bits per heavy atom. The Labute approximate surface area is 116 Å². The van der Waals surface area contributed by atoms with Crippen LogP contribution >= 0.6 is 0 Å². The van der Waals surface area contributed by atoms with Crippen molar-refractivity contribution in [3.63, 3.8) is 0 Å². The zero-order valence-electron chi connectivity index (χ0n) is 11.4. The molecule has 0 aliphatic carbocycles. The second kappa shape index (κ2) is 4.95. The van der Waals surface area contributed by atoms with Gasteiger partial charge in [-0.1, -0.05) is 13.0 Å². The smallest absolute Gasteiger partial charge is 0.416 e. The van der Waals surface area contributed by atoms with Crippen molar-refractivity contribution in [1.29, 1.82) is 0 Å². The summed E-state index contributed by atoms with van der Waals surface area (Å²) in [7, 11) is 0. The van der Waals surface area contributed by atoms with Gasteiger partial charge in [-0.3, -0.25) is 4.90 Å². The molecule has 2 aliphatic heterocycles. The van der Waals surface area contributed by atoms with Crippen molar-refractivity contribution < 1.29 is 17.9 Å². The van der Waals surface area contributed by atoms with Crippen LogP contribution in [-0.2, 0) is 6.18 Å². The van der Waals surface area contributed by atoms with Crippen molar-refractivity contribution >= 4 is 0 Å². The fourth-order valence-electron chi connectivity index (χ4n) is 3.41. The van der Waals surface area contributed by atoms with Crippen LogP contribution in [0.5, 0.6) is 5.75 Å². The SMILES string of the molecule is CCN1CCC[C@@H]2COc3cc(C(F)(F)F)ccc3[C@@H]21. The largest absolute Gasteiger partial charge is 0.493 e. The summed E-state index contributed by atoms with van der Waals surface area (Å²) in [5, 5.41) is 0. The first-order chi connectivity index (χ1) is 9.50. The molecule has 2 aliphatic rings. The van der Waals surface area contributed by atoms with Gasteiger partial charge in [-0.15, -0.1) is 0 Å². The molecule has 5 heteroatoms. The van der Waals surface area contributed by atoms with E-state index in [1.54, 1.807) is 6.07 Å². The first kappa shape index (κ1) is 13.7. The highest BCUT2D eigenvalue weighted by atomic mass is 19.4. The highest BCUT2D eigenvalue weighted by Gasteiger charge is 2.39. The Balaban J connectivity index is 1.99. The van der Waals surface area contributed by atoms with E-state index in [1.807, 2.05) is 0 Å². The predicted octanol–water partition coefficient (Wildman–Crippen LogP) is 3.87. The Morgan fingerprint density at radius 3 is 2.85 bits per heavy atom. The molecule has 0 bridgehead atoms. The van der Waals surface area contributed by atoms with Gasteiger partial charge in [0.15, 0.2) is 0 Å². The van der Waals surface area contributed by atoms with Crippen LogP contribution in [-0.4, -0.2) is 24.6 Å². The standard InChI is InChI=1S/C15H18F3NO/c1-2-19-7-3-4-10-9-20-13-8-11(15(16,17)18)5-6-12(13)14(10)19/h5-6,8,10,14H,2-4,7,9H2,1H3/t10-,14-/m1/s1. The molecule has 0 N–H and O–H groups in total.